The minimum atomic E-state index is 0.598. The van der Waals surface area contributed by atoms with Gasteiger partial charge in [-0.15, -0.1) is 5.10 Å². The summed E-state index contributed by atoms with van der Waals surface area (Å²) in [6, 6.07) is 12.3. The molecule has 0 atom stereocenters. The molecule has 0 bridgehead atoms. The molecule has 0 radical (unpaired) electrons. The van der Waals surface area contributed by atoms with Crippen LogP contribution in [0.5, 0.6) is 11.5 Å². The van der Waals surface area contributed by atoms with E-state index >= 15 is 0 Å². The number of fused-ring (bicyclic) bond motifs is 1. The number of aliphatic imine (C=N–C) groups is 1. The third-order valence-electron chi connectivity index (χ3n) is 4.84. The summed E-state index contributed by atoms with van der Waals surface area (Å²) >= 11 is 1.48. The summed E-state index contributed by atoms with van der Waals surface area (Å²) in [6.07, 6.45) is 2.93. The van der Waals surface area contributed by atoms with E-state index in [0.717, 1.165) is 40.7 Å². The van der Waals surface area contributed by atoms with Gasteiger partial charge in [0.2, 0.25) is 0 Å². The zero-order valence-corrected chi connectivity index (χ0v) is 17.7. The van der Waals surface area contributed by atoms with E-state index in [2.05, 4.69) is 42.4 Å². The van der Waals surface area contributed by atoms with Gasteiger partial charge in [0, 0.05) is 12.1 Å². The number of nitrogens with zero attached hydrogens (tertiary/aromatic N) is 3. The number of methoxy groups -OCH3 is 3. The molecule has 2 aliphatic rings. The van der Waals surface area contributed by atoms with Gasteiger partial charge in [-0.3, -0.25) is 4.99 Å². The number of aryl methyl sites for hydroxylation is 1. The molecule has 0 unspecified atom stereocenters. The lowest BCUT2D eigenvalue weighted by molar-refractivity contribution is 0.354. The molecular formula is C22H23N3O3S. The molecule has 0 saturated carbocycles. The van der Waals surface area contributed by atoms with Crippen LogP contribution in [0.25, 0.3) is 0 Å². The van der Waals surface area contributed by atoms with Gasteiger partial charge in [0.1, 0.15) is 5.03 Å². The molecule has 7 heteroatoms. The molecule has 0 saturated heterocycles. The second kappa shape index (κ2) is 8.21. The first-order valence-electron chi connectivity index (χ1n) is 9.31. The Morgan fingerprint density at radius 1 is 1.00 bits per heavy atom. The van der Waals surface area contributed by atoms with Crippen LogP contribution in [-0.4, -0.2) is 38.8 Å². The van der Waals surface area contributed by atoms with E-state index in [1.54, 1.807) is 21.3 Å². The molecule has 0 fully saturated rings. The van der Waals surface area contributed by atoms with E-state index in [-0.39, 0.29) is 0 Å². The van der Waals surface area contributed by atoms with Gasteiger partial charge >= 0.3 is 0 Å². The van der Waals surface area contributed by atoms with E-state index in [1.807, 2.05) is 17.1 Å². The van der Waals surface area contributed by atoms with Crippen molar-refractivity contribution in [2.45, 2.75) is 13.3 Å². The molecule has 2 aromatic carbocycles. The Morgan fingerprint density at radius 2 is 1.72 bits per heavy atom. The van der Waals surface area contributed by atoms with Crippen molar-refractivity contribution < 1.29 is 14.2 Å². The molecule has 2 aromatic rings. The minimum Gasteiger partial charge on any atom is -0.493 e. The lowest BCUT2D eigenvalue weighted by Gasteiger charge is -2.20. The summed E-state index contributed by atoms with van der Waals surface area (Å²) in [5, 5.41) is 8.02. The number of benzene rings is 2. The number of ether oxygens (including phenoxy) is 3. The minimum absolute atomic E-state index is 0.598. The molecular weight excluding hydrogens is 386 g/mol. The fourth-order valence-corrected chi connectivity index (χ4v) is 4.10. The van der Waals surface area contributed by atoms with Crippen LogP contribution in [0.1, 0.15) is 16.7 Å². The molecule has 150 valence electrons. The third kappa shape index (κ3) is 3.82. The largest absolute Gasteiger partial charge is 0.493 e. The standard InChI is InChI=1S/C22H23N3O3S/c1-14-5-7-16(8-6-14)25-21(29-22(24-25)28-4)13-18-17-12-20(27-3)19(26-2)11-15(17)9-10-23-18/h5-8,11-13H,9-10H2,1-4H3/b21-13-. The van der Waals surface area contributed by atoms with E-state index in [1.165, 1.54) is 22.9 Å². The topological polar surface area (TPSA) is 55.7 Å². The Hall–Kier alpha value is -2.93. The van der Waals surface area contributed by atoms with Crippen LogP contribution in [-0.2, 0) is 11.2 Å². The van der Waals surface area contributed by atoms with Crippen LogP contribution in [0, 0.1) is 6.92 Å². The van der Waals surface area contributed by atoms with Crippen molar-refractivity contribution in [1.82, 2.24) is 0 Å². The Labute approximate surface area is 174 Å². The van der Waals surface area contributed by atoms with Crippen molar-refractivity contribution in [3.05, 3.63) is 64.2 Å². The van der Waals surface area contributed by atoms with Crippen LogP contribution < -0.4 is 14.5 Å². The molecule has 0 N–H and O–H groups in total. The Morgan fingerprint density at radius 3 is 2.41 bits per heavy atom. The second-order valence-electron chi connectivity index (χ2n) is 6.68. The van der Waals surface area contributed by atoms with E-state index in [0.29, 0.717) is 11.0 Å². The van der Waals surface area contributed by atoms with E-state index in [9.17, 15) is 0 Å². The predicted molar refractivity (Wildman–Crippen MR) is 118 cm³/mol. The SMILES string of the molecule is COC1=NN(c2ccc(C)cc2)/C(=C/C2=NCCc3cc(OC)c(OC)cc32)S1. The highest BCUT2D eigenvalue weighted by molar-refractivity contribution is 8.17. The molecule has 0 aliphatic carbocycles. The summed E-state index contributed by atoms with van der Waals surface area (Å²) in [6.45, 7) is 2.80. The smallest absolute Gasteiger partial charge is 0.274 e. The fraction of sp³-hybridized carbons (Fsp3) is 0.273. The summed E-state index contributed by atoms with van der Waals surface area (Å²) < 4.78 is 16.4. The van der Waals surface area contributed by atoms with Crippen LogP contribution in [0.3, 0.4) is 0 Å². The molecule has 0 spiro atoms. The number of thioether (sulfide) groups is 1. The van der Waals surface area contributed by atoms with E-state index in [4.69, 9.17) is 19.2 Å². The van der Waals surface area contributed by atoms with Crippen molar-refractivity contribution in [2.75, 3.05) is 32.9 Å². The van der Waals surface area contributed by atoms with Crippen molar-refractivity contribution in [1.29, 1.82) is 0 Å². The van der Waals surface area contributed by atoms with Gasteiger partial charge in [-0.25, -0.2) is 5.01 Å². The first-order chi connectivity index (χ1) is 14.1. The third-order valence-corrected chi connectivity index (χ3v) is 5.77. The maximum atomic E-state index is 5.50. The molecule has 29 heavy (non-hydrogen) atoms. The number of rotatable bonds is 4. The number of hydrogen-bond donors (Lipinski definition) is 0. The maximum absolute atomic E-state index is 5.50. The normalized spacial score (nSPS) is 17.0. The zero-order valence-electron chi connectivity index (χ0n) is 16.9. The van der Waals surface area contributed by atoms with Gasteiger partial charge in [0.15, 0.2) is 11.5 Å². The lowest BCUT2D eigenvalue weighted by atomic mass is 9.96. The summed E-state index contributed by atoms with van der Waals surface area (Å²) in [5.41, 5.74) is 5.33. The second-order valence-corrected chi connectivity index (χ2v) is 7.65. The Bertz CT molecular complexity index is 1010. The zero-order chi connectivity index (χ0) is 20.4. The maximum Gasteiger partial charge on any atom is 0.274 e. The van der Waals surface area contributed by atoms with Crippen LogP contribution in [0.4, 0.5) is 5.69 Å². The summed E-state index contributed by atoms with van der Waals surface area (Å²) in [7, 11) is 4.93. The number of allylic oxidation sites excluding steroid dienone is 1. The highest BCUT2D eigenvalue weighted by Crippen LogP contribution is 2.37. The number of hydrogen-bond acceptors (Lipinski definition) is 7. The van der Waals surface area contributed by atoms with Gasteiger partial charge in [0.25, 0.3) is 5.23 Å². The quantitative estimate of drug-likeness (QED) is 0.751. The van der Waals surface area contributed by atoms with Crippen LogP contribution in [0.2, 0.25) is 0 Å². The van der Waals surface area contributed by atoms with Gasteiger partial charge in [0.05, 0.1) is 32.7 Å². The molecule has 2 heterocycles. The van der Waals surface area contributed by atoms with Crippen molar-refractivity contribution in [3.63, 3.8) is 0 Å². The highest BCUT2D eigenvalue weighted by Gasteiger charge is 2.26. The summed E-state index contributed by atoms with van der Waals surface area (Å²) in [4.78, 5) is 4.77. The average molecular weight is 410 g/mol. The van der Waals surface area contributed by atoms with Gasteiger partial charge < -0.3 is 14.2 Å². The van der Waals surface area contributed by atoms with Crippen LogP contribution >= 0.6 is 11.8 Å². The van der Waals surface area contributed by atoms with Gasteiger partial charge in [-0.05, 0) is 61.0 Å². The molecule has 0 amide bonds. The predicted octanol–water partition coefficient (Wildman–Crippen LogP) is 4.37. The first kappa shape index (κ1) is 19.4. The monoisotopic (exact) mass is 409 g/mol. The van der Waals surface area contributed by atoms with Gasteiger partial charge in [-0.1, -0.05) is 17.7 Å². The number of anilines is 1. The number of hydrazone groups is 1. The Balaban J connectivity index is 1.73. The molecule has 4 rings (SSSR count). The average Bonchev–Trinajstić information content (AvgIpc) is 3.16. The molecule has 2 aliphatic heterocycles. The molecule has 0 aromatic heterocycles. The van der Waals surface area contributed by atoms with E-state index < -0.39 is 0 Å². The highest BCUT2D eigenvalue weighted by atomic mass is 32.2. The lowest BCUT2D eigenvalue weighted by Crippen LogP contribution is -2.15. The van der Waals surface area contributed by atoms with Crippen LogP contribution in [0.15, 0.2) is 57.6 Å². The van der Waals surface area contributed by atoms with Crippen molar-refractivity contribution >= 4 is 28.4 Å². The van der Waals surface area contributed by atoms with Gasteiger partial charge in [-0.2, -0.15) is 0 Å². The first-order valence-corrected chi connectivity index (χ1v) is 10.1. The Kier molecular flexibility index (Phi) is 5.49. The fourth-order valence-electron chi connectivity index (χ4n) is 3.32. The molecule has 6 nitrogen and oxygen atoms in total. The van der Waals surface area contributed by atoms with Crippen molar-refractivity contribution in [2.24, 2.45) is 10.1 Å². The summed E-state index contributed by atoms with van der Waals surface area (Å²) in [5.74, 6) is 1.43. The van der Waals surface area contributed by atoms with Crippen molar-refractivity contribution in [3.8, 4) is 11.5 Å².